The molecule has 0 bridgehead atoms. The Morgan fingerprint density at radius 2 is 2.00 bits per heavy atom. The van der Waals surface area contributed by atoms with Crippen LogP contribution in [0.4, 0.5) is 0 Å². The zero-order valence-corrected chi connectivity index (χ0v) is 4.17. The third kappa shape index (κ3) is 3.71. The van der Waals surface area contributed by atoms with Gasteiger partial charge in [0, 0.05) is 16.8 Å². The van der Waals surface area contributed by atoms with Gasteiger partial charge in [-0.3, -0.25) is 0 Å². The van der Waals surface area contributed by atoms with E-state index in [2.05, 4.69) is 24.8 Å². The fraction of sp³-hybridized carbons (Fsp3) is 0. The second-order valence-electron chi connectivity index (χ2n) is 1.09. The molecule has 4 heteroatoms. The van der Waals surface area contributed by atoms with Crippen LogP contribution in [0.1, 0.15) is 0 Å². The molecular weight excluding hydrogens is 79.3 g/mol. The molecule has 0 nitrogen and oxygen atoms in total. The van der Waals surface area contributed by atoms with Crippen LogP contribution in [0.15, 0.2) is 12.1 Å². The Morgan fingerprint density at radius 3 is 2.14 bits per heavy atom. The molecule has 0 amide bonds. The van der Waals surface area contributed by atoms with Crippen LogP contribution < -0.4 is 0 Å². The fourth-order valence-electron chi connectivity index (χ4n) is 0.393. The van der Waals surface area contributed by atoms with Crippen molar-refractivity contribution in [2.75, 3.05) is 0 Å². The van der Waals surface area contributed by atoms with Crippen molar-refractivity contribution in [2.24, 2.45) is 0 Å². The summed E-state index contributed by atoms with van der Waals surface area (Å²) >= 11 is 0. The maximum Gasteiger partial charge on any atom is 0 e. The summed E-state index contributed by atoms with van der Waals surface area (Å²) < 4.78 is 0. The van der Waals surface area contributed by atoms with E-state index in [9.17, 15) is 0 Å². The molecule has 7 heavy (non-hydrogen) atoms. The molecule has 0 N–H and O–H groups in total. The summed E-state index contributed by atoms with van der Waals surface area (Å²) in [5.74, 6) is 4.18. The Labute approximate surface area is 49.7 Å². The van der Waals surface area contributed by atoms with E-state index >= 15 is 0 Å². The van der Waals surface area contributed by atoms with Crippen molar-refractivity contribution in [3.63, 3.8) is 0 Å². The average molecular weight is 83.3 g/mol. The zero-order valence-electron chi connectivity index (χ0n) is 4.17. The van der Waals surface area contributed by atoms with Crippen LogP contribution in [0.2, 0.25) is 0 Å². The molecule has 0 saturated heterocycles. The summed E-state index contributed by atoms with van der Waals surface area (Å²) in [6, 6.07) is 0. The summed E-state index contributed by atoms with van der Waals surface area (Å²) in [5.41, 5.74) is 0. The molecular formula is C3H4B4. The van der Waals surface area contributed by atoms with Crippen molar-refractivity contribution in [3.05, 3.63) is 12.1 Å². The summed E-state index contributed by atoms with van der Waals surface area (Å²) in [4.78, 5) is 0. The number of rotatable bonds is 0. The minimum absolute atomic E-state index is 0. The third-order valence-corrected chi connectivity index (χ3v) is 0.655. The van der Waals surface area contributed by atoms with Gasteiger partial charge in [-0.2, -0.15) is 0 Å². The fourth-order valence-corrected chi connectivity index (χ4v) is 0.393. The van der Waals surface area contributed by atoms with Crippen LogP contribution in [-0.4, -0.2) is 36.8 Å². The van der Waals surface area contributed by atoms with E-state index in [1.807, 2.05) is 0 Å². The predicted octanol–water partition coefficient (Wildman–Crippen LogP) is -1.39. The zero-order chi connectivity index (χ0) is 3.54. The maximum absolute atomic E-state index is 2.12. The monoisotopic (exact) mass is 84.1 g/mol. The Kier molecular flexibility index (Phi) is 8.37. The molecule has 0 saturated carbocycles. The Bertz CT molecular complexity index is 65.0. The first kappa shape index (κ1) is 9.98. The Morgan fingerprint density at radius 1 is 1.29 bits per heavy atom. The normalized spacial score (nSPS) is 10.3. The van der Waals surface area contributed by atoms with Crippen LogP contribution in [0.5, 0.6) is 0 Å². The molecule has 0 aromatic heterocycles. The standard InChI is InChI=1S/C3H4B2.2B/c1-2-4-5-3-1;;/h1-4H;;. The van der Waals surface area contributed by atoms with Gasteiger partial charge in [-0.25, -0.2) is 0 Å². The molecule has 1 rings (SSSR count). The van der Waals surface area contributed by atoms with Crippen LogP contribution in [0, 0.1) is 0 Å². The maximum atomic E-state index is 2.12. The van der Waals surface area contributed by atoms with Crippen molar-refractivity contribution in [1.82, 2.24) is 0 Å². The van der Waals surface area contributed by atoms with Gasteiger partial charge in [0.2, 0.25) is 0 Å². The van der Waals surface area contributed by atoms with Crippen molar-refractivity contribution in [3.8, 4) is 0 Å². The molecule has 6 radical (unpaired) electrons. The summed E-state index contributed by atoms with van der Waals surface area (Å²) in [6.07, 6.45) is 2.06. The van der Waals surface area contributed by atoms with E-state index in [0.717, 1.165) is 7.17 Å². The van der Waals surface area contributed by atoms with Crippen molar-refractivity contribution in [2.45, 2.75) is 0 Å². The van der Waals surface area contributed by atoms with E-state index in [1.54, 1.807) is 0 Å². The van der Waals surface area contributed by atoms with Crippen molar-refractivity contribution in [1.29, 1.82) is 0 Å². The van der Waals surface area contributed by atoms with E-state index in [1.165, 1.54) is 0 Å². The molecule has 28 valence electrons. The van der Waals surface area contributed by atoms with Gasteiger partial charge in [0.15, 0.2) is 0 Å². The van der Waals surface area contributed by atoms with Gasteiger partial charge in [-0.1, -0.05) is 0 Å². The number of allylic oxidation sites excluding steroid dienone is 1. The Hall–Kier alpha value is -0.130. The van der Waals surface area contributed by atoms with Gasteiger partial charge in [0.05, 0.1) is 0 Å². The third-order valence-electron chi connectivity index (χ3n) is 0.655. The summed E-state index contributed by atoms with van der Waals surface area (Å²) in [7, 11) is 1.14. The van der Waals surface area contributed by atoms with E-state index < -0.39 is 0 Å². The van der Waals surface area contributed by atoms with Gasteiger partial charge in [-0.05, 0) is 0 Å². The van der Waals surface area contributed by atoms with E-state index in [0.29, 0.717) is 0 Å². The van der Waals surface area contributed by atoms with Crippen LogP contribution in [0.3, 0.4) is 0 Å². The van der Waals surface area contributed by atoms with E-state index in [4.69, 9.17) is 0 Å². The molecule has 0 fully saturated rings. The predicted molar refractivity (Wildman–Crippen MR) is 39.6 cm³/mol. The molecule has 1 heterocycles. The van der Waals surface area contributed by atoms with Crippen LogP contribution >= 0.6 is 0 Å². The number of hydrogen-bond acceptors (Lipinski definition) is 0. The van der Waals surface area contributed by atoms with Crippen molar-refractivity contribution >= 4 is 36.8 Å². The topological polar surface area (TPSA) is 0 Å². The van der Waals surface area contributed by atoms with E-state index in [-0.39, 0.29) is 16.8 Å². The molecule has 0 atom stereocenters. The molecule has 0 aromatic carbocycles. The molecule has 1 aliphatic heterocycles. The molecule has 0 aliphatic carbocycles. The van der Waals surface area contributed by atoms with Gasteiger partial charge >= 0.3 is 32.0 Å². The van der Waals surface area contributed by atoms with Gasteiger partial charge in [0.1, 0.15) is 0 Å². The summed E-state index contributed by atoms with van der Waals surface area (Å²) in [5, 5.41) is 0. The van der Waals surface area contributed by atoms with Crippen molar-refractivity contribution < 1.29 is 0 Å². The minimum Gasteiger partial charge on any atom is 0 e. The van der Waals surface area contributed by atoms with Crippen LogP contribution in [0.25, 0.3) is 0 Å². The molecule has 0 unspecified atom stereocenters. The Balaban J connectivity index is 0. The summed E-state index contributed by atoms with van der Waals surface area (Å²) in [6.45, 7) is 2.12. The molecule has 0 spiro atoms. The average Bonchev–Trinajstić information content (AvgIpc) is 1.76. The molecule has 1 aliphatic rings. The minimum atomic E-state index is 0. The van der Waals surface area contributed by atoms with Gasteiger partial charge < -0.3 is 0 Å². The smallest absolute Gasteiger partial charge is 0 e. The first-order valence-corrected chi connectivity index (χ1v) is 1.82. The SMILES string of the molecule is B1=CC=CB1.[B].[B]. The number of hydrogen-bond donors (Lipinski definition) is 0. The van der Waals surface area contributed by atoms with Gasteiger partial charge in [0.25, 0.3) is 0 Å². The van der Waals surface area contributed by atoms with Crippen LogP contribution in [-0.2, 0) is 0 Å². The second-order valence-corrected chi connectivity index (χ2v) is 1.09. The second kappa shape index (κ2) is 5.87. The quantitative estimate of drug-likeness (QED) is 0.316. The van der Waals surface area contributed by atoms with Gasteiger partial charge in [-0.15, -0.1) is 0 Å². The first-order valence-electron chi connectivity index (χ1n) is 1.82. The first-order chi connectivity index (χ1) is 2.50. The molecule has 0 aromatic rings. The largest absolute Gasteiger partial charge is 0 e.